The van der Waals surface area contributed by atoms with E-state index in [1.54, 1.807) is 0 Å². The minimum absolute atomic E-state index is 0. The Morgan fingerprint density at radius 1 is 0.287 bits per heavy atom. The van der Waals surface area contributed by atoms with E-state index in [9.17, 15) is 4.79 Å². The molecule has 9 aromatic rings. The lowest BCUT2D eigenvalue weighted by Gasteiger charge is -2.33. The first-order chi connectivity index (χ1) is 39.0. The molecular weight excluding hydrogens is 971 g/mol. The predicted octanol–water partition coefficient (Wildman–Crippen LogP) is 18.5. The topological polar surface area (TPSA) is 67.2 Å². The Labute approximate surface area is 480 Å². The Morgan fingerprint density at radius 2 is 0.500 bits per heavy atom. The summed E-state index contributed by atoms with van der Waals surface area (Å²) >= 11 is 0. The first-order valence-electron chi connectivity index (χ1n) is 29.3. The third kappa shape index (κ3) is 17.8. The summed E-state index contributed by atoms with van der Waals surface area (Å²) < 4.78 is 0. The van der Waals surface area contributed by atoms with Gasteiger partial charge >= 0.3 is 0 Å². The van der Waals surface area contributed by atoms with E-state index < -0.39 is 0 Å². The molecule has 0 bridgehead atoms. The van der Waals surface area contributed by atoms with Crippen LogP contribution >= 0.6 is 0 Å². The summed E-state index contributed by atoms with van der Waals surface area (Å²) in [5.74, 6) is 2.51. The highest BCUT2D eigenvalue weighted by atomic mass is 16.1. The molecule has 0 atom stereocenters. The van der Waals surface area contributed by atoms with Crippen molar-refractivity contribution < 1.29 is 4.79 Å². The largest absolute Gasteiger partial charge is 0.320 e. The predicted molar refractivity (Wildman–Crippen MR) is 337 cm³/mol. The van der Waals surface area contributed by atoms with E-state index in [0.717, 1.165) is 48.6 Å². The average Bonchev–Trinajstić information content (AvgIpc) is 3.54. The highest BCUT2D eigenvalue weighted by Gasteiger charge is 2.27. The minimum Gasteiger partial charge on any atom is -0.320 e. The van der Waals surface area contributed by atoms with Crippen LogP contribution in [0.2, 0.25) is 0 Å². The van der Waals surface area contributed by atoms with Crippen molar-refractivity contribution in [2.45, 2.75) is 132 Å². The summed E-state index contributed by atoms with van der Waals surface area (Å²) in [6.07, 6.45) is 13.7. The fourth-order valence-electron chi connectivity index (χ4n) is 12.0. The molecule has 0 saturated heterocycles. The molecule has 0 spiro atoms. The maximum atomic E-state index is 11.0. The highest BCUT2D eigenvalue weighted by molar-refractivity contribution is 5.79. The van der Waals surface area contributed by atoms with Crippen LogP contribution in [0, 0.1) is 0 Å². The van der Waals surface area contributed by atoms with Crippen LogP contribution in [0.5, 0.6) is 0 Å². The molecule has 3 aliphatic rings. The molecule has 4 N–H and O–H groups in total. The smallest absolute Gasteiger partial charge is 0.132 e. The molecule has 0 aromatic heterocycles. The Morgan fingerprint density at radius 3 is 0.750 bits per heavy atom. The first-order valence-corrected chi connectivity index (χ1v) is 29.3. The third-order valence-electron chi connectivity index (χ3n) is 16.5. The van der Waals surface area contributed by atoms with Crippen LogP contribution in [0.25, 0.3) is 0 Å². The van der Waals surface area contributed by atoms with Crippen LogP contribution in [0.15, 0.2) is 273 Å². The molecule has 3 fully saturated rings. The summed E-state index contributed by atoms with van der Waals surface area (Å²) in [6, 6.07) is 97.9. The lowest BCUT2D eigenvalue weighted by molar-refractivity contribution is -0.120. The van der Waals surface area contributed by atoms with Gasteiger partial charge in [-0.3, -0.25) is 4.79 Å². The van der Waals surface area contributed by atoms with Gasteiger partial charge in [-0.1, -0.05) is 280 Å². The third-order valence-corrected chi connectivity index (χ3v) is 16.5. The van der Waals surface area contributed by atoms with Crippen LogP contribution in [-0.2, 0) is 4.79 Å². The molecule has 0 aliphatic heterocycles. The van der Waals surface area contributed by atoms with E-state index >= 15 is 0 Å². The molecule has 4 heteroatoms. The van der Waals surface area contributed by atoms with Crippen molar-refractivity contribution >= 4 is 5.78 Å². The van der Waals surface area contributed by atoms with E-state index in [1.165, 1.54) is 90.3 Å². The number of nitrogens with two attached hydrogens (primary N) is 1. The van der Waals surface area contributed by atoms with Gasteiger partial charge in [0, 0.05) is 24.9 Å². The number of carbonyl (C=O) groups is 1. The number of benzene rings is 9. The fraction of sp³-hybridized carbons (Fsp3) is 0.276. The second-order valence-electron chi connectivity index (χ2n) is 21.8. The van der Waals surface area contributed by atoms with Gasteiger partial charge in [0.15, 0.2) is 0 Å². The van der Waals surface area contributed by atoms with E-state index in [4.69, 9.17) is 5.73 Å². The van der Waals surface area contributed by atoms with Gasteiger partial charge in [0.25, 0.3) is 0 Å². The van der Waals surface area contributed by atoms with Crippen LogP contribution < -0.4 is 16.4 Å². The Bertz CT molecular complexity index is 2770. The first kappa shape index (κ1) is 58.7. The summed E-state index contributed by atoms with van der Waals surface area (Å²) in [5.41, 5.74) is 18.2. The van der Waals surface area contributed by atoms with Crippen LogP contribution in [-0.4, -0.2) is 17.9 Å². The van der Waals surface area contributed by atoms with Crippen molar-refractivity contribution in [3.05, 3.63) is 323 Å². The van der Waals surface area contributed by atoms with Crippen LogP contribution in [0.3, 0.4) is 0 Å². The van der Waals surface area contributed by atoms with Gasteiger partial charge in [-0.05, 0) is 132 Å². The second-order valence-corrected chi connectivity index (χ2v) is 21.8. The maximum absolute atomic E-state index is 11.0. The van der Waals surface area contributed by atoms with Gasteiger partial charge in [-0.25, -0.2) is 0 Å². The van der Waals surface area contributed by atoms with E-state index in [0.29, 0.717) is 23.8 Å². The molecule has 0 amide bonds. The highest BCUT2D eigenvalue weighted by Crippen LogP contribution is 2.37. The van der Waals surface area contributed by atoms with Crippen LogP contribution in [0.1, 0.15) is 170 Å². The van der Waals surface area contributed by atoms with Gasteiger partial charge in [-0.15, -0.1) is 0 Å². The van der Waals surface area contributed by atoms with Gasteiger partial charge in [0.2, 0.25) is 0 Å². The number of hydrogen-bond acceptors (Lipinski definition) is 4. The maximum Gasteiger partial charge on any atom is 0.132 e. The molecular formula is C76H85N3O. The average molecular weight is 1060 g/mol. The normalized spacial score (nSPS) is 18.0. The lowest BCUT2D eigenvalue weighted by Crippen LogP contribution is -2.36. The Hall–Kier alpha value is -7.47. The summed E-state index contributed by atoms with van der Waals surface area (Å²) in [7, 11) is 0. The molecule has 0 radical (unpaired) electrons. The van der Waals surface area contributed by atoms with Crippen molar-refractivity contribution in [2.75, 3.05) is 0 Å². The molecule has 0 heterocycles. The van der Waals surface area contributed by atoms with Crippen molar-refractivity contribution in [2.24, 2.45) is 5.73 Å². The summed E-state index contributed by atoms with van der Waals surface area (Å²) in [4.78, 5) is 11.0. The SMILES string of the molecule is C.NC(c1ccccc1)c1ccccc1.O=C1CCC(c2ccccc2)CC1.c1ccc(C2CCC(NC(c3ccccc3)c3ccccc3)CC2)cc1.c1ccc(C2CCC(NC(c3ccccc3)c3ccccc3)CC2)cc1. The number of rotatable bonds is 13. The molecule has 3 aliphatic carbocycles. The van der Waals surface area contributed by atoms with E-state index in [2.05, 4.69) is 241 Å². The summed E-state index contributed by atoms with van der Waals surface area (Å²) in [5, 5.41) is 7.92. The van der Waals surface area contributed by atoms with Crippen molar-refractivity contribution in [1.29, 1.82) is 0 Å². The quantitative estimate of drug-likeness (QED) is 0.108. The minimum atomic E-state index is -0.0163. The zero-order valence-electron chi connectivity index (χ0n) is 46.1. The molecule has 9 aromatic carbocycles. The van der Waals surface area contributed by atoms with Gasteiger partial charge in [0.1, 0.15) is 5.78 Å². The lowest BCUT2D eigenvalue weighted by atomic mass is 9.81. The molecule has 12 rings (SSSR count). The molecule has 80 heavy (non-hydrogen) atoms. The van der Waals surface area contributed by atoms with Crippen molar-refractivity contribution in [3.63, 3.8) is 0 Å². The van der Waals surface area contributed by atoms with Gasteiger partial charge < -0.3 is 16.4 Å². The zero-order valence-corrected chi connectivity index (χ0v) is 46.1. The van der Waals surface area contributed by atoms with E-state index in [1.807, 2.05) is 42.5 Å². The fourth-order valence-corrected chi connectivity index (χ4v) is 12.0. The molecule has 410 valence electrons. The van der Waals surface area contributed by atoms with Gasteiger partial charge in [0.05, 0.1) is 18.1 Å². The molecule has 3 saturated carbocycles. The second kappa shape index (κ2) is 32.0. The molecule has 0 unspecified atom stereocenters. The number of nitrogens with one attached hydrogen (secondary N) is 2. The number of ketones is 1. The molecule has 4 nitrogen and oxygen atoms in total. The van der Waals surface area contributed by atoms with Crippen molar-refractivity contribution in [1.82, 2.24) is 10.6 Å². The van der Waals surface area contributed by atoms with Crippen LogP contribution in [0.4, 0.5) is 0 Å². The number of carbonyl (C=O) groups excluding carboxylic acids is 1. The Kier molecular flexibility index (Phi) is 23.4. The van der Waals surface area contributed by atoms with E-state index in [-0.39, 0.29) is 25.6 Å². The zero-order chi connectivity index (χ0) is 54.1. The monoisotopic (exact) mass is 1060 g/mol. The van der Waals surface area contributed by atoms with Crippen molar-refractivity contribution in [3.8, 4) is 0 Å². The number of Topliss-reactive ketones (excluding diaryl/α,β-unsaturated/α-hetero) is 1. The Balaban J connectivity index is 0.000000146. The summed E-state index contributed by atoms with van der Waals surface area (Å²) in [6.45, 7) is 0. The standard InChI is InChI=1S/2C25H27N.C13H13N.C12H14O.CH4/c2*1-4-10-20(11-5-1)21-16-18-24(19-17-21)26-25(22-12-6-2-7-13-22)23-14-8-3-9-15-23;14-13(11-7-3-1-4-8-11)12-9-5-2-6-10-12;13-12-8-6-11(7-9-12)10-4-2-1-3-5-10;/h2*1-15,21,24-26H,16-19H2;1-10,13H,14H2;1-5,11H,6-9H2;1H4. The van der Waals surface area contributed by atoms with Gasteiger partial charge in [-0.2, -0.15) is 0 Å². The number of hydrogen-bond donors (Lipinski definition) is 3.